The second-order valence-electron chi connectivity index (χ2n) is 17.6. The fraction of sp³-hybridized carbons (Fsp3) is 0.0154. The van der Waals surface area contributed by atoms with Gasteiger partial charge in [-0.15, -0.1) is 0 Å². The zero-order valence-corrected chi connectivity index (χ0v) is 37.2. The van der Waals surface area contributed by atoms with E-state index in [1.807, 2.05) is 0 Å². The molecule has 0 saturated carbocycles. The zero-order chi connectivity index (χ0) is 45.0. The van der Waals surface area contributed by atoms with Gasteiger partial charge in [0.15, 0.2) is 11.5 Å². The number of rotatable bonds is 9. The van der Waals surface area contributed by atoms with Crippen LogP contribution in [0.25, 0.3) is 44.2 Å². The largest absolute Gasteiger partial charge is 0.452 e. The topological polar surface area (TPSA) is 15.7 Å². The van der Waals surface area contributed by atoms with E-state index >= 15 is 0 Å². The van der Waals surface area contributed by atoms with Crippen LogP contribution in [0, 0.1) is 0 Å². The molecule has 0 amide bonds. The van der Waals surface area contributed by atoms with Crippen LogP contribution in [0.15, 0.2) is 267 Å². The zero-order valence-electron chi connectivity index (χ0n) is 37.2. The van der Waals surface area contributed by atoms with Crippen molar-refractivity contribution in [3.63, 3.8) is 0 Å². The summed E-state index contributed by atoms with van der Waals surface area (Å²) in [6, 6.07) is 96.4. The van der Waals surface area contributed by atoms with Crippen LogP contribution in [0.1, 0.15) is 22.3 Å². The number of fused-ring (bicyclic) bond motifs is 5. The predicted molar refractivity (Wildman–Crippen MR) is 282 cm³/mol. The van der Waals surface area contributed by atoms with E-state index in [9.17, 15) is 0 Å². The minimum Gasteiger partial charge on any atom is -0.452 e. The van der Waals surface area contributed by atoms with E-state index in [4.69, 9.17) is 4.74 Å². The molecule has 68 heavy (non-hydrogen) atoms. The summed E-state index contributed by atoms with van der Waals surface area (Å²) in [7, 11) is 0. The SMILES string of the molecule is c1ccc(-c2ccc(N(c3ccc4c(c3)-c3ccccc3C4(c3ccccc3)c3ccccc3)c3ccc4cccc5c4c3Oc3c-5cccc3N(c3ccccc3)c3ccccc3)cc2)cc1. The Balaban J connectivity index is 1.05. The molecule has 11 aromatic carbocycles. The molecule has 11 aromatic rings. The molecule has 0 N–H and O–H groups in total. The first-order valence-electron chi connectivity index (χ1n) is 23.3. The maximum Gasteiger partial charge on any atom is 0.160 e. The Morgan fingerprint density at radius 1 is 0.294 bits per heavy atom. The van der Waals surface area contributed by atoms with E-state index < -0.39 is 5.41 Å². The lowest BCUT2D eigenvalue weighted by atomic mass is 9.68. The molecule has 0 spiro atoms. The number of hydrogen-bond acceptors (Lipinski definition) is 3. The van der Waals surface area contributed by atoms with Crippen LogP contribution in [0.3, 0.4) is 0 Å². The normalized spacial score (nSPS) is 12.6. The average Bonchev–Trinajstić information content (AvgIpc) is 3.71. The Bertz CT molecular complexity index is 3550. The summed E-state index contributed by atoms with van der Waals surface area (Å²) in [5.41, 5.74) is 17.6. The number of para-hydroxylation sites is 3. The van der Waals surface area contributed by atoms with Crippen LogP contribution >= 0.6 is 0 Å². The summed E-state index contributed by atoms with van der Waals surface area (Å²) in [6.45, 7) is 0. The Labute approximate surface area is 397 Å². The molecular weight excluding hydrogens is 825 g/mol. The maximum absolute atomic E-state index is 7.57. The highest BCUT2D eigenvalue weighted by Gasteiger charge is 2.46. The molecule has 0 aromatic heterocycles. The number of hydrogen-bond donors (Lipinski definition) is 0. The summed E-state index contributed by atoms with van der Waals surface area (Å²) in [4.78, 5) is 4.70. The summed E-state index contributed by atoms with van der Waals surface area (Å²) in [6.07, 6.45) is 0. The van der Waals surface area contributed by atoms with Gasteiger partial charge in [0.2, 0.25) is 0 Å². The first-order valence-corrected chi connectivity index (χ1v) is 23.3. The standard InChI is InChI=1S/C65H44N2O/c1-6-20-45(21-7-1)46-36-39-52(40-37-46)67(53-41-42-59-57(44-53)54-31-16-17-34-58(54)65(59,48-23-8-2-9-24-48)49-25-10-3-11-26-49)61-43-38-47-22-18-32-55-56-33-19-35-60(63(56)68-64(61)62(47)55)66(50-27-12-4-13-28-50)51-29-14-5-15-30-51/h1-44H. The Kier molecular flexibility index (Phi) is 9.40. The highest BCUT2D eigenvalue weighted by molar-refractivity contribution is 6.09. The Hall–Kier alpha value is -8.92. The molecule has 0 unspecified atom stereocenters. The molecule has 0 saturated heterocycles. The first kappa shape index (κ1) is 39.4. The van der Waals surface area contributed by atoms with Crippen molar-refractivity contribution >= 4 is 44.9 Å². The molecule has 3 heteroatoms. The van der Waals surface area contributed by atoms with Crippen molar-refractivity contribution < 1.29 is 4.74 Å². The van der Waals surface area contributed by atoms with Gasteiger partial charge in [-0.1, -0.05) is 206 Å². The summed E-state index contributed by atoms with van der Waals surface area (Å²) in [5.74, 6) is 1.63. The number of anilines is 6. The molecule has 0 fully saturated rings. The van der Waals surface area contributed by atoms with Crippen LogP contribution in [-0.4, -0.2) is 0 Å². The molecule has 0 atom stereocenters. The molecule has 1 aliphatic carbocycles. The van der Waals surface area contributed by atoms with Gasteiger partial charge in [0, 0.05) is 33.7 Å². The Morgan fingerprint density at radius 2 is 0.779 bits per heavy atom. The van der Waals surface area contributed by atoms with Gasteiger partial charge >= 0.3 is 0 Å². The monoisotopic (exact) mass is 868 g/mol. The molecule has 1 aliphatic heterocycles. The Morgan fingerprint density at radius 3 is 1.46 bits per heavy atom. The number of nitrogens with zero attached hydrogens (tertiary/aromatic N) is 2. The van der Waals surface area contributed by atoms with Gasteiger partial charge in [-0.25, -0.2) is 0 Å². The first-order chi connectivity index (χ1) is 33.8. The van der Waals surface area contributed by atoms with Gasteiger partial charge < -0.3 is 14.5 Å². The van der Waals surface area contributed by atoms with Gasteiger partial charge in [0.05, 0.1) is 16.8 Å². The lowest BCUT2D eigenvalue weighted by Crippen LogP contribution is -2.28. The van der Waals surface area contributed by atoms with Crippen LogP contribution in [0.5, 0.6) is 11.5 Å². The third-order valence-electron chi connectivity index (χ3n) is 13.9. The fourth-order valence-electron chi connectivity index (χ4n) is 11.0. The van der Waals surface area contributed by atoms with E-state index in [1.165, 1.54) is 38.9 Å². The van der Waals surface area contributed by atoms with Gasteiger partial charge in [-0.05, 0) is 116 Å². The highest BCUT2D eigenvalue weighted by Crippen LogP contribution is 2.59. The molecule has 320 valence electrons. The summed E-state index contributed by atoms with van der Waals surface area (Å²) >= 11 is 0. The smallest absolute Gasteiger partial charge is 0.160 e. The molecule has 3 nitrogen and oxygen atoms in total. The molecular formula is C65H44N2O. The lowest BCUT2D eigenvalue weighted by molar-refractivity contribution is 0.489. The minimum atomic E-state index is -0.508. The molecule has 13 rings (SSSR count). The number of benzene rings is 11. The lowest BCUT2D eigenvalue weighted by Gasteiger charge is -2.35. The van der Waals surface area contributed by atoms with Crippen LogP contribution in [0.2, 0.25) is 0 Å². The maximum atomic E-state index is 7.57. The van der Waals surface area contributed by atoms with Gasteiger partial charge in [0.1, 0.15) is 0 Å². The van der Waals surface area contributed by atoms with Crippen molar-refractivity contribution in [2.45, 2.75) is 5.41 Å². The predicted octanol–water partition coefficient (Wildman–Crippen LogP) is 17.6. The second-order valence-corrected chi connectivity index (χ2v) is 17.6. The molecule has 1 heterocycles. The van der Waals surface area contributed by atoms with E-state index in [0.29, 0.717) is 0 Å². The third-order valence-corrected chi connectivity index (χ3v) is 13.9. The quantitative estimate of drug-likeness (QED) is 0.144. The van der Waals surface area contributed by atoms with Crippen LogP contribution < -0.4 is 14.5 Å². The van der Waals surface area contributed by atoms with E-state index in [1.54, 1.807) is 0 Å². The van der Waals surface area contributed by atoms with E-state index in [2.05, 4.69) is 277 Å². The van der Waals surface area contributed by atoms with Gasteiger partial charge in [-0.3, -0.25) is 0 Å². The van der Waals surface area contributed by atoms with Gasteiger partial charge in [0.25, 0.3) is 0 Å². The molecule has 2 aliphatic rings. The van der Waals surface area contributed by atoms with Crippen LogP contribution in [-0.2, 0) is 5.41 Å². The highest BCUT2D eigenvalue weighted by atomic mass is 16.5. The minimum absolute atomic E-state index is 0.508. The second kappa shape index (κ2) is 16.2. The molecule has 0 radical (unpaired) electrons. The van der Waals surface area contributed by atoms with Crippen molar-refractivity contribution in [2.75, 3.05) is 9.80 Å². The summed E-state index contributed by atoms with van der Waals surface area (Å²) in [5, 5.41) is 2.21. The summed E-state index contributed by atoms with van der Waals surface area (Å²) < 4.78 is 7.57. The van der Waals surface area contributed by atoms with Crippen molar-refractivity contribution in [2.24, 2.45) is 0 Å². The third kappa shape index (κ3) is 6.21. The van der Waals surface area contributed by atoms with E-state index in [-0.39, 0.29) is 0 Å². The van der Waals surface area contributed by atoms with Crippen molar-refractivity contribution in [1.82, 2.24) is 0 Å². The van der Waals surface area contributed by atoms with E-state index in [0.717, 1.165) is 73.1 Å². The van der Waals surface area contributed by atoms with Crippen molar-refractivity contribution in [3.8, 4) is 44.9 Å². The van der Waals surface area contributed by atoms with Crippen LogP contribution in [0.4, 0.5) is 34.1 Å². The van der Waals surface area contributed by atoms with Crippen molar-refractivity contribution in [3.05, 3.63) is 289 Å². The number of ether oxygens (including phenoxy) is 1. The average molecular weight is 869 g/mol. The van der Waals surface area contributed by atoms with Crippen molar-refractivity contribution in [1.29, 1.82) is 0 Å². The fourth-order valence-corrected chi connectivity index (χ4v) is 11.0. The van der Waals surface area contributed by atoms with Gasteiger partial charge in [-0.2, -0.15) is 0 Å². The molecule has 0 bridgehead atoms.